The monoisotopic (exact) mass is 298 g/mol. The Morgan fingerprint density at radius 1 is 1.18 bits per heavy atom. The van der Waals surface area contributed by atoms with Crippen molar-refractivity contribution >= 4 is 11.6 Å². The van der Waals surface area contributed by atoms with Crippen LogP contribution >= 0.6 is 0 Å². The Bertz CT molecular complexity index is 685. The zero-order valence-electron chi connectivity index (χ0n) is 12.4. The van der Waals surface area contributed by atoms with E-state index in [4.69, 9.17) is 0 Å². The Morgan fingerprint density at radius 3 is 2.91 bits per heavy atom. The normalized spacial score (nSPS) is 13.1. The minimum absolute atomic E-state index is 0.0862. The molecule has 0 aromatic heterocycles. The van der Waals surface area contributed by atoms with Crippen LogP contribution < -0.4 is 10.6 Å². The molecule has 1 aliphatic rings. The molecular weight excluding hydrogens is 279 g/mol. The van der Waals surface area contributed by atoms with Gasteiger partial charge in [-0.3, -0.25) is 4.79 Å². The Labute approximate surface area is 129 Å². The molecule has 3 rings (SSSR count). The lowest BCUT2D eigenvalue weighted by molar-refractivity contribution is 0.0953. The molecule has 0 fully saturated rings. The van der Waals surface area contributed by atoms with E-state index in [1.807, 2.05) is 18.2 Å². The van der Waals surface area contributed by atoms with E-state index in [0.29, 0.717) is 18.5 Å². The quantitative estimate of drug-likeness (QED) is 0.910. The van der Waals surface area contributed by atoms with Crippen LogP contribution in [0.3, 0.4) is 0 Å². The summed E-state index contributed by atoms with van der Waals surface area (Å²) in [4.78, 5) is 12.4. The molecule has 1 heterocycles. The molecule has 0 saturated carbocycles. The van der Waals surface area contributed by atoms with Crippen molar-refractivity contribution in [2.45, 2.75) is 19.3 Å². The van der Waals surface area contributed by atoms with Crippen molar-refractivity contribution in [3.63, 3.8) is 0 Å². The highest BCUT2D eigenvalue weighted by Gasteiger charge is 2.16. The summed E-state index contributed by atoms with van der Waals surface area (Å²) in [5.41, 5.74) is 3.47. The number of fused-ring (bicyclic) bond motifs is 1. The summed E-state index contributed by atoms with van der Waals surface area (Å²) >= 11 is 0. The molecule has 3 nitrogen and oxygen atoms in total. The molecule has 0 bridgehead atoms. The SMILES string of the molecule is O=C(NCCc1ccccc1F)c1cccc2c1CCCN2. The molecule has 2 aromatic rings. The minimum Gasteiger partial charge on any atom is -0.385 e. The van der Waals surface area contributed by atoms with Gasteiger partial charge in [0, 0.05) is 24.3 Å². The first kappa shape index (κ1) is 14.6. The summed E-state index contributed by atoms with van der Waals surface area (Å²) in [5, 5.41) is 6.21. The first-order chi connectivity index (χ1) is 10.8. The van der Waals surface area contributed by atoms with Gasteiger partial charge >= 0.3 is 0 Å². The maximum Gasteiger partial charge on any atom is 0.251 e. The summed E-state index contributed by atoms with van der Waals surface area (Å²) in [6.07, 6.45) is 2.44. The number of carbonyl (C=O) groups is 1. The maximum atomic E-state index is 13.5. The van der Waals surface area contributed by atoms with Gasteiger partial charge in [0.15, 0.2) is 0 Å². The number of amides is 1. The van der Waals surface area contributed by atoms with Crippen molar-refractivity contribution in [2.75, 3.05) is 18.4 Å². The molecule has 0 saturated heterocycles. The number of hydrogen-bond acceptors (Lipinski definition) is 2. The van der Waals surface area contributed by atoms with Crippen molar-refractivity contribution < 1.29 is 9.18 Å². The van der Waals surface area contributed by atoms with Gasteiger partial charge < -0.3 is 10.6 Å². The number of hydrogen-bond donors (Lipinski definition) is 2. The number of benzene rings is 2. The zero-order valence-corrected chi connectivity index (χ0v) is 12.4. The van der Waals surface area contributed by atoms with Crippen LogP contribution in [0, 0.1) is 5.82 Å². The van der Waals surface area contributed by atoms with Gasteiger partial charge in [-0.1, -0.05) is 24.3 Å². The topological polar surface area (TPSA) is 41.1 Å². The summed E-state index contributed by atoms with van der Waals surface area (Å²) in [6, 6.07) is 12.4. The second-order valence-corrected chi connectivity index (χ2v) is 5.46. The molecule has 0 atom stereocenters. The summed E-state index contributed by atoms with van der Waals surface area (Å²) in [7, 11) is 0. The molecule has 0 spiro atoms. The minimum atomic E-state index is -0.224. The van der Waals surface area contributed by atoms with Gasteiger partial charge in [0.25, 0.3) is 5.91 Å². The van der Waals surface area contributed by atoms with Crippen LogP contribution in [0.1, 0.15) is 27.9 Å². The van der Waals surface area contributed by atoms with Crippen LogP contribution in [0.4, 0.5) is 10.1 Å². The number of carbonyl (C=O) groups excluding carboxylic acids is 1. The fraction of sp³-hybridized carbons (Fsp3) is 0.278. The van der Waals surface area contributed by atoms with E-state index in [9.17, 15) is 9.18 Å². The number of anilines is 1. The molecule has 0 aliphatic carbocycles. The standard InChI is InChI=1S/C18H19FN2O/c19-16-8-2-1-5-13(16)10-12-21-18(22)15-6-3-9-17-14(15)7-4-11-20-17/h1-3,5-6,8-9,20H,4,7,10-12H2,(H,21,22). The molecule has 1 amide bonds. The number of nitrogens with one attached hydrogen (secondary N) is 2. The molecule has 0 unspecified atom stereocenters. The van der Waals surface area contributed by atoms with Crippen LogP contribution in [-0.2, 0) is 12.8 Å². The average Bonchev–Trinajstić information content (AvgIpc) is 2.56. The lowest BCUT2D eigenvalue weighted by Crippen LogP contribution is -2.28. The van der Waals surface area contributed by atoms with E-state index in [1.165, 1.54) is 6.07 Å². The molecule has 1 aliphatic heterocycles. The Kier molecular flexibility index (Phi) is 4.37. The zero-order chi connectivity index (χ0) is 15.4. The van der Waals surface area contributed by atoms with E-state index in [-0.39, 0.29) is 11.7 Å². The van der Waals surface area contributed by atoms with E-state index in [2.05, 4.69) is 10.6 Å². The predicted octanol–water partition coefficient (Wildman–Crippen LogP) is 3.16. The molecule has 2 N–H and O–H groups in total. The molecule has 22 heavy (non-hydrogen) atoms. The van der Waals surface area contributed by atoms with Crippen molar-refractivity contribution in [2.24, 2.45) is 0 Å². The van der Waals surface area contributed by atoms with Crippen LogP contribution in [-0.4, -0.2) is 19.0 Å². The number of rotatable bonds is 4. The van der Waals surface area contributed by atoms with Crippen molar-refractivity contribution in [3.05, 3.63) is 65.0 Å². The highest BCUT2D eigenvalue weighted by atomic mass is 19.1. The highest BCUT2D eigenvalue weighted by molar-refractivity contribution is 5.97. The maximum absolute atomic E-state index is 13.5. The van der Waals surface area contributed by atoms with Crippen molar-refractivity contribution in [1.29, 1.82) is 0 Å². The molecule has 114 valence electrons. The third-order valence-electron chi connectivity index (χ3n) is 3.98. The largest absolute Gasteiger partial charge is 0.385 e. The second kappa shape index (κ2) is 6.60. The first-order valence-corrected chi connectivity index (χ1v) is 7.63. The van der Waals surface area contributed by atoms with Gasteiger partial charge in [-0.15, -0.1) is 0 Å². The number of halogens is 1. The van der Waals surface area contributed by atoms with E-state index >= 15 is 0 Å². The van der Waals surface area contributed by atoms with Crippen LogP contribution in [0.25, 0.3) is 0 Å². The average molecular weight is 298 g/mol. The van der Waals surface area contributed by atoms with Crippen molar-refractivity contribution in [1.82, 2.24) is 5.32 Å². The lowest BCUT2D eigenvalue weighted by Gasteiger charge is -2.20. The van der Waals surface area contributed by atoms with E-state index in [0.717, 1.165) is 36.2 Å². The third-order valence-corrected chi connectivity index (χ3v) is 3.98. The van der Waals surface area contributed by atoms with Gasteiger partial charge in [0.1, 0.15) is 5.82 Å². The first-order valence-electron chi connectivity index (χ1n) is 7.63. The third kappa shape index (κ3) is 3.11. The highest BCUT2D eigenvalue weighted by Crippen LogP contribution is 2.25. The Morgan fingerprint density at radius 2 is 2.05 bits per heavy atom. The van der Waals surface area contributed by atoms with Gasteiger partial charge in [0.05, 0.1) is 0 Å². The fourth-order valence-corrected chi connectivity index (χ4v) is 2.83. The van der Waals surface area contributed by atoms with Gasteiger partial charge in [-0.05, 0) is 48.6 Å². The Hall–Kier alpha value is -2.36. The second-order valence-electron chi connectivity index (χ2n) is 5.46. The van der Waals surface area contributed by atoms with E-state index in [1.54, 1.807) is 18.2 Å². The van der Waals surface area contributed by atoms with Gasteiger partial charge in [-0.2, -0.15) is 0 Å². The van der Waals surface area contributed by atoms with E-state index < -0.39 is 0 Å². The van der Waals surface area contributed by atoms with Crippen molar-refractivity contribution in [3.8, 4) is 0 Å². The fourth-order valence-electron chi connectivity index (χ4n) is 2.83. The summed E-state index contributed by atoms with van der Waals surface area (Å²) in [6.45, 7) is 1.38. The lowest BCUT2D eigenvalue weighted by atomic mass is 9.97. The predicted molar refractivity (Wildman–Crippen MR) is 85.7 cm³/mol. The summed E-state index contributed by atoms with van der Waals surface area (Å²) < 4.78 is 13.5. The smallest absolute Gasteiger partial charge is 0.251 e. The van der Waals surface area contributed by atoms with Crippen LogP contribution in [0.5, 0.6) is 0 Å². The molecule has 0 radical (unpaired) electrons. The van der Waals surface area contributed by atoms with Gasteiger partial charge in [0.2, 0.25) is 0 Å². The van der Waals surface area contributed by atoms with Crippen LogP contribution in [0.15, 0.2) is 42.5 Å². The van der Waals surface area contributed by atoms with Gasteiger partial charge in [-0.25, -0.2) is 4.39 Å². The molecule has 4 heteroatoms. The van der Waals surface area contributed by atoms with Crippen LogP contribution in [0.2, 0.25) is 0 Å². The summed E-state index contributed by atoms with van der Waals surface area (Å²) in [5.74, 6) is -0.310. The Balaban J connectivity index is 1.64. The molecular formula is C18H19FN2O. The molecule has 2 aromatic carbocycles.